The Hall–Kier alpha value is -3.28. The van der Waals surface area contributed by atoms with Gasteiger partial charge in [0.1, 0.15) is 0 Å². The number of nitrogens with zero attached hydrogens (tertiary/aromatic N) is 1. The van der Waals surface area contributed by atoms with Crippen LogP contribution in [0.2, 0.25) is 0 Å². The van der Waals surface area contributed by atoms with Crippen LogP contribution in [0.4, 0.5) is 11.4 Å². The molecule has 0 aliphatic carbocycles. The van der Waals surface area contributed by atoms with Crippen LogP contribution in [-0.2, 0) is 9.31 Å². The van der Waals surface area contributed by atoms with Crippen LogP contribution in [0.1, 0.15) is 27.7 Å². The molecule has 5 heteroatoms. The van der Waals surface area contributed by atoms with E-state index >= 15 is 0 Å². The van der Waals surface area contributed by atoms with Crippen LogP contribution >= 0.6 is 0 Å². The maximum Gasteiger partial charge on any atom is 0.494 e. The lowest BCUT2D eigenvalue weighted by Gasteiger charge is -2.34. The lowest BCUT2D eigenvalue weighted by Crippen LogP contribution is -2.30. The summed E-state index contributed by atoms with van der Waals surface area (Å²) in [5.74, 6) is 1.68. The van der Waals surface area contributed by atoms with Crippen molar-refractivity contribution in [1.29, 1.82) is 0 Å². The molecule has 2 aliphatic rings. The molecule has 3 aromatic carbocycles. The number of hydrogen-bond donors (Lipinski definition) is 0. The standard InChI is InChI=1S/C28H28BNO3/c1-6-22(17-15-19(2)29-32-20(3)28(4,5)33-29)30-24-13-9-10-14-26(24)31-27-23-12-8-7-11-21(23)16-18-25(27)30/h6-18,20H,2H2,1,3-5H3/b17-15-,22-6+. The minimum absolute atomic E-state index is 0.000107. The molecule has 0 saturated carbocycles. The summed E-state index contributed by atoms with van der Waals surface area (Å²) in [6.07, 6.45) is 6.13. The summed E-state index contributed by atoms with van der Waals surface area (Å²) in [7, 11) is -0.447. The minimum Gasteiger partial charge on any atom is -0.452 e. The molecule has 0 radical (unpaired) electrons. The number of allylic oxidation sites excluding steroid dienone is 4. The Balaban J connectivity index is 1.53. The van der Waals surface area contributed by atoms with Crippen LogP contribution < -0.4 is 9.64 Å². The predicted molar refractivity (Wildman–Crippen MR) is 136 cm³/mol. The smallest absolute Gasteiger partial charge is 0.452 e. The monoisotopic (exact) mass is 437 g/mol. The Labute approximate surface area is 195 Å². The number of fused-ring (bicyclic) bond motifs is 4. The third-order valence-corrected chi connectivity index (χ3v) is 6.46. The van der Waals surface area contributed by atoms with Gasteiger partial charge in [0.05, 0.1) is 23.1 Å². The van der Waals surface area contributed by atoms with Gasteiger partial charge in [-0.15, -0.1) is 0 Å². The Bertz CT molecular complexity index is 1290. The maximum atomic E-state index is 6.41. The second-order valence-electron chi connectivity index (χ2n) is 8.99. The van der Waals surface area contributed by atoms with Crippen molar-refractivity contribution in [1.82, 2.24) is 0 Å². The molecule has 0 bridgehead atoms. The van der Waals surface area contributed by atoms with E-state index in [9.17, 15) is 0 Å². The number of benzene rings is 3. The van der Waals surface area contributed by atoms with Crippen LogP contribution in [0.15, 0.2) is 96.6 Å². The van der Waals surface area contributed by atoms with E-state index in [4.69, 9.17) is 14.0 Å². The average molecular weight is 437 g/mol. The van der Waals surface area contributed by atoms with Gasteiger partial charge in [-0.05, 0) is 62.8 Å². The van der Waals surface area contributed by atoms with Crippen molar-refractivity contribution in [3.8, 4) is 11.5 Å². The summed E-state index contributed by atoms with van der Waals surface area (Å²) in [5.41, 5.74) is 3.44. The molecule has 0 aromatic heterocycles. The zero-order valence-corrected chi connectivity index (χ0v) is 19.5. The lowest BCUT2D eigenvalue weighted by atomic mass is 9.79. The summed E-state index contributed by atoms with van der Waals surface area (Å²) < 4.78 is 18.5. The highest BCUT2D eigenvalue weighted by atomic mass is 16.7. The molecule has 33 heavy (non-hydrogen) atoms. The van der Waals surface area contributed by atoms with E-state index in [1.165, 1.54) is 0 Å². The third-order valence-electron chi connectivity index (χ3n) is 6.46. The number of para-hydroxylation sites is 2. The van der Waals surface area contributed by atoms with Crippen LogP contribution in [-0.4, -0.2) is 18.8 Å². The molecule has 1 unspecified atom stereocenters. The molecule has 2 aliphatic heterocycles. The average Bonchev–Trinajstić information content (AvgIpc) is 3.10. The van der Waals surface area contributed by atoms with Crippen molar-refractivity contribution in [2.75, 3.05) is 4.90 Å². The van der Waals surface area contributed by atoms with Crippen molar-refractivity contribution < 1.29 is 14.0 Å². The lowest BCUT2D eigenvalue weighted by molar-refractivity contribution is 0.0842. The second kappa shape index (κ2) is 8.25. The van der Waals surface area contributed by atoms with Gasteiger partial charge in [-0.2, -0.15) is 0 Å². The minimum atomic E-state index is -0.447. The number of hydrogen-bond acceptors (Lipinski definition) is 4. The zero-order chi connectivity index (χ0) is 23.2. The van der Waals surface area contributed by atoms with E-state index < -0.39 is 7.12 Å². The van der Waals surface area contributed by atoms with E-state index in [-0.39, 0.29) is 11.7 Å². The predicted octanol–water partition coefficient (Wildman–Crippen LogP) is 7.34. The van der Waals surface area contributed by atoms with Gasteiger partial charge >= 0.3 is 7.12 Å². The molecule has 1 atom stereocenters. The Morgan fingerprint density at radius 1 is 1.00 bits per heavy atom. The first-order valence-electron chi connectivity index (χ1n) is 11.3. The number of anilines is 2. The molecular formula is C28H28BNO3. The van der Waals surface area contributed by atoms with Crippen molar-refractivity contribution in [3.63, 3.8) is 0 Å². The van der Waals surface area contributed by atoms with Crippen molar-refractivity contribution in [2.24, 2.45) is 0 Å². The quantitative estimate of drug-likeness (QED) is 0.316. The van der Waals surface area contributed by atoms with Gasteiger partial charge in [-0.1, -0.05) is 61.2 Å². The van der Waals surface area contributed by atoms with Gasteiger partial charge in [-0.3, -0.25) is 0 Å². The highest BCUT2D eigenvalue weighted by Gasteiger charge is 2.43. The molecule has 166 valence electrons. The van der Waals surface area contributed by atoms with Crippen LogP contribution in [0.25, 0.3) is 10.8 Å². The molecule has 3 aromatic rings. The summed E-state index contributed by atoms with van der Waals surface area (Å²) in [6, 6.07) is 20.7. The van der Waals surface area contributed by atoms with Crippen LogP contribution in [0, 0.1) is 0 Å². The van der Waals surface area contributed by atoms with Crippen molar-refractivity contribution in [3.05, 3.63) is 96.6 Å². The molecule has 1 fully saturated rings. The summed E-state index contributed by atoms with van der Waals surface area (Å²) in [6.45, 7) is 12.4. The van der Waals surface area contributed by atoms with E-state index in [1.54, 1.807) is 0 Å². The van der Waals surface area contributed by atoms with Crippen LogP contribution in [0.3, 0.4) is 0 Å². The number of ether oxygens (including phenoxy) is 1. The van der Waals surface area contributed by atoms with Crippen molar-refractivity contribution >= 4 is 29.3 Å². The van der Waals surface area contributed by atoms with Gasteiger partial charge in [-0.25, -0.2) is 0 Å². The third kappa shape index (κ3) is 3.77. The van der Waals surface area contributed by atoms with Crippen molar-refractivity contribution in [2.45, 2.75) is 39.4 Å². The largest absolute Gasteiger partial charge is 0.494 e. The highest BCUT2D eigenvalue weighted by Crippen LogP contribution is 2.51. The fourth-order valence-corrected chi connectivity index (χ4v) is 4.24. The van der Waals surface area contributed by atoms with Gasteiger partial charge in [0.25, 0.3) is 0 Å². The summed E-state index contributed by atoms with van der Waals surface area (Å²) in [5, 5.41) is 2.23. The molecule has 0 N–H and O–H groups in total. The topological polar surface area (TPSA) is 30.9 Å². The molecule has 5 rings (SSSR count). The van der Waals surface area contributed by atoms with E-state index in [1.807, 2.05) is 64.1 Å². The van der Waals surface area contributed by atoms with E-state index in [0.29, 0.717) is 0 Å². The highest BCUT2D eigenvalue weighted by molar-refractivity contribution is 6.55. The maximum absolute atomic E-state index is 6.41. The molecule has 1 saturated heterocycles. The summed E-state index contributed by atoms with van der Waals surface area (Å²) >= 11 is 0. The Morgan fingerprint density at radius 2 is 1.76 bits per heavy atom. The van der Waals surface area contributed by atoms with Gasteiger partial charge in [0.2, 0.25) is 0 Å². The normalized spacial score (nSPS) is 19.5. The molecule has 4 nitrogen and oxygen atoms in total. The van der Waals surface area contributed by atoms with Gasteiger partial charge in [0, 0.05) is 11.1 Å². The fraction of sp³-hybridized carbons (Fsp3) is 0.214. The first-order valence-corrected chi connectivity index (χ1v) is 11.3. The summed E-state index contributed by atoms with van der Waals surface area (Å²) in [4.78, 5) is 2.23. The Morgan fingerprint density at radius 3 is 2.52 bits per heavy atom. The molecule has 2 heterocycles. The fourth-order valence-electron chi connectivity index (χ4n) is 4.24. The Kier molecular flexibility index (Phi) is 5.39. The molecule has 0 amide bonds. The first-order chi connectivity index (χ1) is 15.9. The number of rotatable bonds is 4. The van der Waals surface area contributed by atoms with E-state index in [0.717, 1.165) is 44.8 Å². The SMILES string of the molecule is C=C(/C=C\C(=C/C)N1c2ccccc2Oc2c1ccc1ccccc21)B1OC(C)C(C)(C)O1. The second-order valence-corrected chi connectivity index (χ2v) is 8.99. The molecule has 0 spiro atoms. The zero-order valence-electron chi connectivity index (χ0n) is 19.5. The van der Waals surface area contributed by atoms with E-state index in [2.05, 4.69) is 54.0 Å². The van der Waals surface area contributed by atoms with Gasteiger partial charge in [0.15, 0.2) is 11.5 Å². The van der Waals surface area contributed by atoms with Crippen LogP contribution in [0.5, 0.6) is 11.5 Å². The first kappa shape index (κ1) is 21.6. The van der Waals surface area contributed by atoms with Gasteiger partial charge < -0.3 is 18.9 Å². The molecular weight excluding hydrogens is 409 g/mol.